The quantitative estimate of drug-likeness (QED) is 0.897. The number of hydrogen-bond donors (Lipinski definition) is 1. The number of rotatable bonds is 3. The van der Waals surface area contributed by atoms with Gasteiger partial charge in [-0.1, -0.05) is 16.8 Å². The molecule has 1 unspecified atom stereocenters. The van der Waals surface area contributed by atoms with Crippen LogP contribution in [-0.4, -0.2) is 54.9 Å². The Morgan fingerprint density at radius 1 is 1.28 bits per heavy atom. The molecule has 0 saturated carbocycles. The molecule has 2 aliphatic heterocycles. The first-order valence-electron chi connectivity index (χ1n) is 8.22. The van der Waals surface area contributed by atoms with Gasteiger partial charge in [0.15, 0.2) is 17.3 Å². The van der Waals surface area contributed by atoms with Crippen molar-refractivity contribution >= 4 is 23.8 Å². The Morgan fingerprint density at radius 3 is 3.04 bits per heavy atom. The van der Waals surface area contributed by atoms with Gasteiger partial charge in [-0.2, -0.15) is 4.98 Å². The van der Waals surface area contributed by atoms with E-state index >= 15 is 0 Å². The monoisotopic (exact) mass is 362 g/mol. The van der Waals surface area contributed by atoms with Crippen LogP contribution in [0.5, 0.6) is 11.5 Å². The van der Waals surface area contributed by atoms with Gasteiger partial charge in [-0.15, -0.1) is 0 Å². The van der Waals surface area contributed by atoms with Crippen LogP contribution < -0.4 is 14.8 Å². The molecule has 1 atom stereocenters. The minimum atomic E-state index is 0.128. The van der Waals surface area contributed by atoms with Crippen molar-refractivity contribution < 1.29 is 14.0 Å². The van der Waals surface area contributed by atoms with Gasteiger partial charge in [0.2, 0.25) is 0 Å². The fourth-order valence-corrected chi connectivity index (χ4v) is 3.21. The predicted molar refractivity (Wildman–Crippen MR) is 93.9 cm³/mol. The summed E-state index contributed by atoms with van der Waals surface area (Å²) in [6.45, 7) is 3.78. The molecule has 2 aromatic rings. The Hall–Kier alpha value is -2.09. The van der Waals surface area contributed by atoms with Gasteiger partial charge in [-0.3, -0.25) is 4.90 Å². The van der Waals surface area contributed by atoms with Crippen LogP contribution in [0.25, 0.3) is 12.2 Å². The van der Waals surface area contributed by atoms with E-state index in [1.807, 2.05) is 18.2 Å². The summed E-state index contributed by atoms with van der Waals surface area (Å²) in [6, 6.07) is 3.83. The summed E-state index contributed by atoms with van der Waals surface area (Å²) in [5.74, 6) is 2.40. The molecule has 1 aromatic carbocycles. The lowest BCUT2D eigenvalue weighted by Gasteiger charge is -2.30. The van der Waals surface area contributed by atoms with E-state index in [1.165, 1.54) is 0 Å². The molecule has 0 spiro atoms. The first kappa shape index (κ1) is 16.4. The van der Waals surface area contributed by atoms with Gasteiger partial charge in [0, 0.05) is 25.7 Å². The normalized spacial score (nSPS) is 21.0. The van der Waals surface area contributed by atoms with E-state index in [9.17, 15) is 0 Å². The highest BCUT2D eigenvalue weighted by Crippen LogP contribution is 2.38. The number of nitrogens with zero attached hydrogens (tertiary/aromatic N) is 3. The lowest BCUT2D eigenvalue weighted by molar-refractivity contribution is 0.171. The maximum absolute atomic E-state index is 6.25. The van der Waals surface area contributed by atoms with Crippen LogP contribution in [0.3, 0.4) is 0 Å². The van der Waals surface area contributed by atoms with Crippen LogP contribution in [0.1, 0.15) is 23.3 Å². The highest BCUT2D eigenvalue weighted by atomic mass is 35.5. The molecule has 4 rings (SSSR count). The number of hydrogen-bond acceptors (Lipinski definition) is 7. The number of piperazine rings is 1. The summed E-state index contributed by atoms with van der Waals surface area (Å²) in [6.07, 6.45) is 3.64. The molecule has 0 amide bonds. The third-order valence-electron chi connectivity index (χ3n) is 4.30. The Bertz CT molecular complexity index is 792. The Balaban J connectivity index is 1.51. The average Bonchev–Trinajstić information content (AvgIpc) is 3.09. The molecule has 1 fully saturated rings. The number of nitrogens with one attached hydrogen (secondary N) is 1. The molecule has 1 N–H and O–H groups in total. The number of likely N-dealkylation sites (N-methyl/N-ethyl adjacent to an activating group) is 1. The summed E-state index contributed by atoms with van der Waals surface area (Å²) in [7, 11) is 2.06. The van der Waals surface area contributed by atoms with Gasteiger partial charge < -0.3 is 19.3 Å². The summed E-state index contributed by atoms with van der Waals surface area (Å²) < 4.78 is 16.4. The zero-order valence-corrected chi connectivity index (χ0v) is 14.6. The molecule has 0 aliphatic carbocycles. The molecule has 25 heavy (non-hydrogen) atoms. The first-order chi connectivity index (χ1) is 12.2. The van der Waals surface area contributed by atoms with Gasteiger partial charge >= 0.3 is 0 Å². The van der Waals surface area contributed by atoms with Crippen molar-refractivity contribution in [2.24, 2.45) is 0 Å². The van der Waals surface area contributed by atoms with Crippen molar-refractivity contribution in [1.29, 1.82) is 0 Å². The molecule has 0 bridgehead atoms. The van der Waals surface area contributed by atoms with Gasteiger partial charge in [-0.05, 0) is 30.8 Å². The van der Waals surface area contributed by atoms with Crippen LogP contribution in [0.15, 0.2) is 16.7 Å². The second-order valence-corrected chi connectivity index (χ2v) is 6.46. The lowest BCUT2D eigenvalue weighted by Crippen LogP contribution is -2.44. The molecule has 8 heteroatoms. The Labute approximate surface area is 150 Å². The number of halogens is 1. The van der Waals surface area contributed by atoms with E-state index < -0.39 is 0 Å². The molecular formula is C17H19ClN4O3. The smallest absolute Gasteiger partial charge is 0.250 e. The molecule has 0 radical (unpaired) electrons. The maximum atomic E-state index is 6.25. The van der Waals surface area contributed by atoms with Crippen molar-refractivity contribution in [2.45, 2.75) is 6.04 Å². The lowest BCUT2D eigenvalue weighted by atomic mass is 10.1. The molecular weight excluding hydrogens is 344 g/mol. The fourth-order valence-electron chi connectivity index (χ4n) is 2.94. The van der Waals surface area contributed by atoms with E-state index in [4.69, 9.17) is 25.6 Å². The first-order valence-corrected chi connectivity index (χ1v) is 8.60. The number of aromatic nitrogens is 2. The van der Waals surface area contributed by atoms with Gasteiger partial charge in [-0.25, -0.2) is 0 Å². The van der Waals surface area contributed by atoms with Crippen LogP contribution in [0, 0.1) is 0 Å². The van der Waals surface area contributed by atoms with Crippen molar-refractivity contribution in [3.8, 4) is 11.5 Å². The van der Waals surface area contributed by atoms with Crippen LogP contribution in [0.4, 0.5) is 0 Å². The zero-order chi connectivity index (χ0) is 17.2. The number of benzene rings is 1. The summed E-state index contributed by atoms with van der Waals surface area (Å²) in [4.78, 5) is 6.69. The highest BCUT2D eigenvalue weighted by Gasteiger charge is 2.24. The largest absolute Gasteiger partial charge is 0.486 e. The Kier molecular flexibility index (Phi) is 4.61. The topological polar surface area (TPSA) is 72.7 Å². The molecule has 132 valence electrons. The zero-order valence-electron chi connectivity index (χ0n) is 13.9. The van der Waals surface area contributed by atoms with E-state index in [0.29, 0.717) is 41.5 Å². The number of ether oxygens (including phenoxy) is 2. The maximum Gasteiger partial charge on any atom is 0.250 e. The van der Waals surface area contributed by atoms with E-state index in [1.54, 1.807) is 6.08 Å². The third kappa shape index (κ3) is 3.49. The van der Waals surface area contributed by atoms with Crippen molar-refractivity contribution in [3.63, 3.8) is 0 Å². The van der Waals surface area contributed by atoms with Crippen LogP contribution in [-0.2, 0) is 0 Å². The highest BCUT2D eigenvalue weighted by molar-refractivity contribution is 6.32. The van der Waals surface area contributed by atoms with E-state index in [2.05, 4.69) is 27.4 Å². The van der Waals surface area contributed by atoms with Gasteiger partial charge in [0.1, 0.15) is 13.2 Å². The molecule has 1 saturated heterocycles. The minimum absolute atomic E-state index is 0.128. The van der Waals surface area contributed by atoms with Gasteiger partial charge in [0.25, 0.3) is 5.89 Å². The standard InChI is InChI=1S/C17H19ClN4O3/c1-22-5-4-19-10-13(22)17-20-15(25-21-17)3-2-11-8-12(18)16-14(9-11)23-6-7-24-16/h2-3,8-9,13,19H,4-7,10H2,1H3/b3-2+. The number of fused-ring (bicyclic) bond motifs is 1. The van der Waals surface area contributed by atoms with E-state index in [-0.39, 0.29) is 6.04 Å². The predicted octanol–water partition coefficient (Wildman–Crippen LogP) is 2.24. The second kappa shape index (κ2) is 7.03. The molecule has 3 heterocycles. The molecule has 7 nitrogen and oxygen atoms in total. The summed E-state index contributed by atoms with van der Waals surface area (Å²) in [5, 5.41) is 7.97. The van der Waals surface area contributed by atoms with E-state index in [0.717, 1.165) is 25.2 Å². The minimum Gasteiger partial charge on any atom is -0.486 e. The summed E-state index contributed by atoms with van der Waals surface area (Å²) in [5.41, 5.74) is 0.880. The fraction of sp³-hybridized carbons (Fsp3) is 0.412. The third-order valence-corrected chi connectivity index (χ3v) is 4.58. The van der Waals surface area contributed by atoms with Crippen LogP contribution in [0.2, 0.25) is 5.02 Å². The Morgan fingerprint density at radius 2 is 2.16 bits per heavy atom. The molecule has 2 aliphatic rings. The summed E-state index contributed by atoms with van der Waals surface area (Å²) >= 11 is 6.25. The average molecular weight is 363 g/mol. The SMILES string of the molecule is CN1CCNCC1c1noc(/C=C/c2cc(Cl)c3c(c2)OCCO3)n1. The van der Waals surface area contributed by atoms with Crippen molar-refractivity contribution in [3.05, 3.63) is 34.4 Å². The van der Waals surface area contributed by atoms with Gasteiger partial charge in [0.05, 0.1) is 11.1 Å². The van der Waals surface area contributed by atoms with Crippen LogP contribution >= 0.6 is 11.6 Å². The second-order valence-electron chi connectivity index (χ2n) is 6.05. The van der Waals surface area contributed by atoms with Crippen molar-refractivity contribution in [1.82, 2.24) is 20.4 Å². The molecule has 1 aromatic heterocycles. The van der Waals surface area contributed by atoms with Crippen molar-refractivity contribution in [2.75, 3.05) is 39.9 Å².